The topological polar surface area (TPSA) is 124 Å². The van der Waals surface area contributed by atoms with Crippen LogP contribution in [0.25, 0.3) is 0 Å². The van der Waals surface area contributed by atoms with Crippen molar-refractivity contribution >= 4 is 17.3 Å². The van der Waals surface area contributed by atoms with Crippen LogP contribution in [-0.4, -0.2) is 22.9 Å². The molecule has 1 aliphatic carbocycles. The van der Waals surface area contributed by atoms with E-state index in [1.54, 1.807) is 0 Å². The minimum atomic E-state index is -0.615. The first-order valence-electron chi connectivity index (χ1n) is 6.54. The summed E-state index contributed by atoms with van der Waals surface area (Å²) < 4.78 is 0. The number of nitro benzene ring substituents is 1. The molecule has 1 aromatic carbocycles. The van der Waals surface area contributed by atoms with Gasteiger partial charge in [0.25, 0.3) is 5.69 Å². The van der Waals surface area contributed by atoms with E-state index in [0.29, 0.717) is 12.2 Å². The summed E-state index contributed by atoms with van der Waals surface area (Å²) in [5.74, 6) is -0.615. The largest absolute Gasteiger partial charge is 0.373 e. The summed E-state index contributed by atoms with van der Waals surface area (Å²) in [4.78, 5) is 21.8. The molecule has 7 heteroatoms. The molecule has 1 aliphatic rings. The number of hydrogen-bond donors (Lipinski definition) is 3. The Hall–Kier alpha value is -2.15. The van der Waals surface area contributed by atoms with E-state index in [9.17, 15) is 14.9 Å². The Bertz CT molecular complexity index is 538. The number of carbonyl (C=O) groups is 1. The van der Waals surface area contributed by atoms with Gasteiger partial charge in [-0.05, 0) is 25.0 Å². The van der Waals surface area contributed by atoms with Crippen molar-refractivity contribution in [2.24, 2.45) is 11.5 Å². The third-order valence-corrected chi connectivity index (χ3v) is 3.83. The Kier molecular flexibility index (Phi) is 3.89. The van der Waals surface area contributed by atoms with Crippen molar-refractivity contribution in [1.29, 1.82) is 0 Å². The molecule has 2 rings (SSSR count). The number of amides is 1. The molecule has 0 radical (unpaired) electrons. The van der Waals surface area contributed by atoms with Crippen molar-refractivity contribution in [3.05, 3.63) is 33.9 Å². The van der Waals surface area contributed by atoms with Crippen LogP contribution in [0.1, 0.15) is 36.0 Å². The number of carbonyl (C=O) groups excluding carboxylic acids is 1. The van der Waals surface area contributed by atoms with E-state index in [2.05, 4.69) is 5.32 Å². The van der Waals surface area contributed by atoms with Gasteiger partial charge in [-0.25, -0.2) is 0 Å². The van der Waals surface area contributed by atoms with Crippen molar-refractivity contribution in [2.75, 3.05) is 11.9 Å². The maximum atomic E-state index is 11.2. The standard InChI is InChI=1S/C13H18N4O3/c14-8-13(5-1-2-6-13)16-10-7-9(12(15)18)3-4-11(10)17(19)20/h3-4,7,16H,1-2,5-6,8,14H2,(H2,15,18). The average molecular weight is 278 g/mol. The number of benzene rings is 1. The molecule has 0 atom stereocenters. The molecular formula is C13H18N4O3. The lowest BCUT2D eigenvalue weighted by molar-refractivity contribution is -0.384. The second kappa shape index (κ2) is 5.46. The Balaban J connectivity index is 2.39. The molecule has 108 valence electrons. The molecule has 0 bridgehead atoms. The monoisotopic (exact) mass is 278 g/mol. The normalized spacial score (nSPS) is 16.9. The van der Waals surface area contributed by atoms with Gasteiger partial charge >= 0.3 is 0 Å². The fourth-order valence-corrected chi connectivity index (χ4v) is 2.67. The van der Waals surface area contributed by atoms with Crippen LogP contribution in [0.3, 0.4) is 0 Å². The lowest BCUT2D eigenvalue weighted by Gasteiger charge is -2.29. The van der Waals surface area contributed by atoms with Crippen LogP contribution in [0.2, 0.25) is 0 Å². The van der Waals surface area contributed by atoms with Crippen LogP contribution in [0.5, 0.6) is 0 Å². The van der Waals surface area contributed by atoms with Crippen molar-refractivity contribution in [1.82, 2.24) is 0 Å². The molecule has 1 fully saturated rings. The molecule has 0 spiro atoms. The quantitative estimate of drug-likeness (QED) is 0.554. The Labute approximate surface area is 116 Å². The molecular weight excluding hydrogens is 260 g/mol. The molecule has 1 aromatic rings. The summed E-state index contributed by atoms with van der Waals surface area (Å²) in [6.45, 7) is 0.394. The van der Waals surface area contributed by atoms with E-state index in [0.717, 1.165) is 25.7 Å². The smallest absolute Gasteiger partial charge is 0.292 e. The van der Waals surface area contributed by atoms with Gasteiger partial charge in [0.2, 0.25) is 5.91 Å². The number of nitro groups is 1. The van der Waals surface area contributed by atoms with Crippen molar-refractivity contribution in [3.63, 3.8) is 0 Å². The lowest BCUT2D eigenvalue weighted by atomic mass is 9.97. The van der Waals surface area contributed by atoms with Gasteiger partial charge in [-0.15, -0.1) is 0 Å². The Morgan fingerprint density at radius 2 is 2.05 bits per heavy atom. The van der Waals surface area contributed by atoms with Crippen molar-refractivity contribution in [2.45, 2.75) is 31.2 Å². The van der Waals surface area contributed by atoms with Crippen LogP contribution in [0, 0.1) is 10.1 Å². The van der Waals surface area contributed by atoms with Crippen molar-refractivity contribution < 1.29 is 9.72 Å². The van der Waals surface area contributed by atoms with Crippen LogP contribution >= 0.6 is 0 Å². The molecule has 1 saturated carbocycles. The molecule has 5 N–H and O–H groups in total. The fourth-order valence-electron chi connectivity index (χ4n) is 2.67. The van der Waals surface area contributed by atoms with Crippen LogP contribution in [0.4, 0.5) is 11.4 Å². The molecule has 0 saturated heterocycles. The fraction of sp³-hybridized carbons (Fsp3) is 0.462. The minimum Gasteiger partial charge on any atom is -0.373 e. The number of nitrogens with zero attached hydrogens (tertiary/aromatic N) is 1. The van der Waals surface area contributed by atoms with E-state index >= 15 is 0 Å². The maximum absolute atomic E-state index is 11.2. The average Bonchev–Trinajstić information content (AvgIpc) is 2.87. The lowest BCUT2D eigenvalue weighted by Crippen LogP contribution is -2.43. The predicted molar refractivity (Wildman–Crippen MR) is 75.5 cm³/mol. The van der Waals surface area contributed by atoms with E-state index in [1.165, 1.54) is 18.2 Å². The van der Waals surface area contributed by atoms with Gasteiger partial charge in [0.15, 0.2) is 0 Å². The van der Waals surface area contributed by atoms with E-state index in [1.807, 2.05) is 0 Å². The van der Waals surface area contributed by atoms with Gasteiger partial charge < -0.3 is 16.8 Å². The summed E-state index contributed by atoms with van der Waals surface area (Å²) >= 11 is 0. The van der Waals surface area contributed by atoms with Gasteiger partial charge in [-0.2, -0.15) is 0 Å². The maximum Gasteiger partial charge on any atom is 0.292 e. The molecule has 0 unspecified atom stereocenters. The molecule has 1 amide bonds. The minimum absolute atomic E-state index is 0.0743. The second-order valence-electron chi connectivity index (χ2n) is 5.17. The highest BCUT2D eigenvalue weighted by Crippen LogP contribution is 2.35. The molecule has 0 heterocycles. The zero-order chi connectivity index (χ0) is 14.8. The highest BCUT2D eigenvalue weighted by atomic mass is 16.6. The number of rotatable bonds is 5. The highest BCUT2D eigenvalue weighted by molar-refractivity contribution is 5.94. The summed E-state index contributed by atoms with van der Waals surface area (Å²) in [7, 11) is 0. The van der Waals surface area contributed by atoms with E-state index in [4.69, 9.17) is 11.5 Å². The van der Waals surface area contributed by atoms with Gasteiger partial charge in [0, 0.05) is 23.7 Å². The summed E-state index contributed by atoms with van der Waals surface area (Å²) in [5.41, 5.74) is 11.2. The highest BCUT2D eigenvalue weighted by Gasteiger charge is 2.34. The van der Waals surface area contributed by atoms with Gasteiger partial charge in [-0.1, -0.05) is 12.8 Å². The number of primary amides is 1. The third kappa shape index (κ3) is 2.72. The van der Waals surface area contributed by atoms with E-state index < -0.39 is 10.8 Å². The van der Waals surface area contributed by atoms with Gasteiger partial charge in [0.1, 0.15) is 5.69 Å². The van der Waals surface area contributed by atoms with E-state index in [-0.39, 0.29) is 16.8 Å². The Morgan fingerprint density at radius 3 is 2.55 bits per heavy atom. The van der Waals surface area contributed by atoms with Gasteiger partial charge in [-0.3, -0.25) is 14.9 Å². The molecule has 0 aromatic heterocycles. The SMILES string of the molecule is NCC1(Nc2cc(C(N)=O)ccc2[N+](=O)[O-])CCCC1. The number of nitrogens with two attached hydrogens (primary N) is 2. The summed E-state index contributed by atoms with van der Waals surface area (Å²) in [6, 6.07) is 4.08. The second-order valence-corrected chi connectivity index (χ2v) is 5.17. The summed E-state index contributed by atoms with van der Waals surface area (Å²) in [6.07, 6.45) is 3.80. The first kappa shape index (κ1) is 14.3. The third-order valence-electron chi connectivity index (χ3n) is 3.83. The van der Waals surface area contributed by atoms with Crippen LogP contribution < -0.4 is 16.8 Å². The number of nitrogens with one attached hydrogen (secondary N) is 1. The van der Waals surface area contributed by atoms with Crippen molar-refractivity contribution in [3.8, 4) is 0 Å². The first-order chi connectivity index (χ1) is 9.47. The Morgan fingerprint density at radius 1 is 1.40 bits per heavy atom. The first-order valence-corrected chi connectivity index (χ1v) is 6.54. The predicted octanol–water partition coefficient (Wildman–Crippen LogP) is 1.38. The summed E-state index contributed by atoms with van der Waals surface area (Å²) in [5, 5.41) is 14.3. The molecule has 20 heavy (non-hydrogen) atoms. The van der Waals surface area contributed by atoms with Gasteiger partial charge in [0.05, 0.1) is 4.92 Å². The van der Waals surface area contributed by atoms with Crippen LogP contribution in [0.15, 0.2) is 18.2 Å². The number of hydrogen-bond acceptors (Lipinski definition) is 5. The zero-order valence-corrected chi connectivity index (χ0v) is 11.1. The molecule has 7 nitrogen and oxygen atoms in total. The van der Waals surface area contributed by atoms with Crippen LogP contribution in [-0.2, 0) is 0 Å². The zero-order valence-electron chi connectivity index (χ0n) is 11.1. The number of anilines is 1. The molecule has 0 aliphatic heterocycles.